The zero-order valence-electron chi connectivity index (χ0n) is 13.5. The van der Waals surface area contributed by atoms with Crippen LogP contribution in [0.25, 0.3) is 0 Å². The van der Waals surface area contributed by atoms with Crippen molar-refractivity contribution in [1.82, 2.24) is 0 Å². The molecular formula is C17H16F5NO2. The molecule has 8 heteroatoms. The second-order valence-corrected chi connectivity index (χ2v) is 5.52. The van der Waals surface area contributed by atoms with Crippen LogP contribution < -0.4 is 15.2 Å². The number of nitrogens with two attached hydrogens (primary N) is 1. The lowest BCUT2D eigenvalue weighted by Gasteiger charge is -2.14. The lowest BCUT2D eigenvalue weighted by molar-refractivity contribution is 0.249. The predicted octanol–water partition coefficient (Wildman–Crippen LogP) is 3.86. The van der Waals surface area contributed by atoms with E-state index in [0.717, 1.165) is 5.56 Å². The van der Waals surface area contributed by atoms with Crippen molar-refractivity contribution in [3.8, 4) is 11.5 Å². The number of rotatable bonds is 6. The number of benzene rings is 2. The minimum atomic E-state index is -2.24. The van der Waals surface area contributed by atoms with Gasteiger partial charge in [0.15, 0.2) is 5.75 Å². The first-order chi connectivity index (χ1) is 11.8. The van der Waals surface area contributed by atoms with Crippen LogP contribution in [0.15, 0.2) is 18.2 Å². The van der Waals surface area contributed by atoms with Crippen LogP contribution in [0.1, 0.15) is 18.1 Å². The van der Waals surface area contributed by atoms with Crippen LogP contribution in [0.2, 0.25) is 0 Å². The average molecular weight is 361 g/mol. The fraction of sp³-hybridized carbons (Fsp3) is 0.294. The molecule has 2 N–H and O–H groups in total. The third-order valence-electron chi connectivity index (χ3n) is 3.44. The van der Waals surface area contributed by atoms with Gasteiger partial charge in [-0.1, -0.05) is 6.07 Å². The van der Waals surface area contributed by atoms with Gasteiger partial charge in [-0.3, -0.25) is 0 Å². The Morgan fingerprint density at radius 1 is 0.960 bits per heavy atom. The van der Waals surface area contributed by atoms with Crippen molar-refractivity contribution in [2.24, 2.45) is 5.73 Å². The molecule has 2 aromatic rings. The van der Waals surface area contributed by atoms with Crippen LogP contribution in [-0.2, 0) is 13.0 Å². The molecule has 3 nitrogen and oxygen atoms in total. The number of hydrogen-bond acceptors (Lipinski definition) is 3. The number of methoxy groups -OCH3 is 1. The van der Waals surface area contributed by atoms with Gasteiger partial charge in [0.1, 0.15) is 12.4 Å². The molecule has 0 aromatic heterocycles. The summed E-state index contributed by atoms with van der Waals surface area (Å²) in [6, 6.07) is 4.87. The summed E-state index contributed by atoms with van der Waals surface area (Å²) < 4.78 is 76.7. The average Bonchev–Trinajstić information content (AvgIpc) is 2.58. The maximum Gasteiger partial charge on any atom is 0.207 e. The van der Waals surface area contributed by atoms with Crippen molar-refractivity contribution in [2.75, 3.05) is 7.11 Å². The van der Waals surface area contributed by atoms with Crippen LogP contribution >= 0.6 is 0 Å². The lowest BCUT2D eigenvalue weighted by Crippen LogP contribution is -2.18. The summed E-state index contributed by atoms with van der Waals surface area (Å²) in [4.78, 5) is 0. The Hall–Kier alpha value is -2.35. The van der Waals surface area contributed by atoms with E-state index < -0.39 is 41.4 Å². The molecule has 0 aliphatic rings. The maximum absolute atomic E-state index is 13.6. The molecule has 0 aliphatic carbocycles. The first-order valence-electron chi connectivity index (χ1n) is 7.31. The standard InChI is InChI=1S/C17H16F5NO2/c1-8(23)5-9-3-4-11(24-2)10(6-9)7-25-17-15(21)13(19)12(18)14(20)16(17)22/h3-4,6,8H,5,7,23H2,1-2H3. The fourth-order valence-corrected chi connectivity index (χ4v) is 2.30. The van der Waals surface area contributed by atoms with Crippen LogP contribution in [-0.4, -0.2) is 13.2 Å². The zero-order valence-corrected chi connectivity index (χ0v) is 13.5. The van der Waals surface area contributed by atoms with Gasteiger partial charge in [0.25, 0.3) is 0 Å². The molecule has 0 heterocycles. The van der Waals surface area contributed by atoms with Gasteiger partial charge < -0.3 is 15.2 Å². The Morgan fingerprint density at radius 3 is 2.04 bits per heavy atom. The highest BCUT2D eigenvalue weighted by Gasteiger charge is 2.27. The minimum absolute atomic E-state index is 0.127. The normalized spacial score (nSPS) is 12.2. The van der Waals surface area contributed by atoms with Crippen LogP contribution in [0, 0.1) is 29.1 Å². The van der Waals surface area contributed by atoms with Crippen molar-refractivity contribution in [3.05, 3.63) is 58.4 Å². The third kappa shape index (κ3) is 4.01. The van der Waals surface area contributed by atoms with Crippen molar-refractivity contribution in [2.45, 2.75) is 26.0 Å². The summed E-state index contributed by atoms with van der Waals surface area (Å²) >= 11 is 0. The first-order valence-corrected chi connectivity index (χ1v) is 7.31. The molecule has 1 unspecified atom stereocenters. The van der Waals surface area contributed by atoms with Gasteiger partial charge >= 0.3 is 0 Å². The maximum atomic E-state index is 13.6. The van der Waals surface area contributed by atoms with Crippen molar-refractivity contribution < 1.29 is 31.4 Å². The Labute approximate surface area is 141 Å². The Bertz CT molecular complexity index is 751. The highest BCUT2D eigenvalue weighted by molar-refractivity contribution is 5.38. The van der Waals surface area contributed by atoms with E-state index in [9.17, 15) is 22.0 Å². The van der Waals surface area contributed by atoms with Crippen LogP contribution in [0.3, 0.4) is 0 Å². The van der Waals surface area contributed by atoms with Gasteiger partial charge in [0, 0.05) is 11.6 Å². The van der Waals surface area contributed by atoms with E-state index in [-0.39, 0.29) is 6.04 Å². The summed E-state index contributed by atoms with van der Waals surface area (Å²) in [5.41, 5.74) is 6.91. The quantitative estimate of drug-likeness (QED) is 0.483. The molecular weight excluding hydrogens is 345 g/mol. The van der Waals surface area contributed by atoms with E-state index in [0.29, 0.717) is 17.7 Å². The zero-order chi connectivity index (χ0) is 18.7. The van der Waals surface area contributed by atoms with Gasteiger partial charge in [0.2, 0.25) is 29.1 Å². The van der Waals surface area contributed by atoms with Crippen LogP contribution in [0.5, 0.6) is 11.5 Å². The van der Waals surface area contributed by atoms with Crippen molar-refractivity contribution in [3.63, 3.8) is 0 Å². The number of hydrogen-bond donors (Lipinski definition) is 1. The number of ether oxygens (including phenoxy) is 2. The van der Waals surface area contributed by atoms with Gasteiger partial charge in [-0.25, -0.2) is 13.2 Å². The van der Waals surface area contributed by atoms with E-state index in [1.807, 2.05) is 0 Å². The minimum Gasteiger partial charge on any atom is -0.496 e. The third-order valence-corrected chi connectivity index (χ3v) is 3.44. The SMILES string of the molecule is COc1ccc(CC(C)N)cc1COc1c(F)c(F)c(F)c(F)c1F. The van der Waals surface area contributed by atoms with Gasteiger partial charge in [-0.15, -0.1) is 0 Å². The summed E-state index contributed by atoms with van der Waals surface area (Å²) in [5, 5.41) is 0. The van der Waals surface area contributed by atoms with Crippen molar-refractivity contribution in [1.29, 1.82) is 0 Å². The van der Waals surface area contributed by atoms with Crippen LogP contribution in [0.4, 0.5) is 22.0 Å². The molecule has 0 aliphatic heterocycles. The molecule has 0 saturated heterocycles. The highest BCUT2D eigenvalue weighted by atomic mass is 19.2. The molecule has 25 heavy (non-hydrogen) atoms. The second kappa shape index (κ2) is 7.69. The molecule has 0 amide bonds. The first kappa shape index (κ1) is 19.0. The molecule has 0 bridgehead atoms. The van der Waals surface area contributed by atoms with E-state index >= 15 is 0 Å². The van der Waals surface area contributed by atoms with E-state index in [4.69, 9.17) is 15.2 Å². The molecule has 0 saturated carbocycles. The van der Waals surface area contributed by atoms with Gasteiger partial charge in [0.05, 0.1) is 7.11 Å². The summed E-state index contributed by atoms with van der Waals surface area (Å²) in [6.45, 7) is 1.35. The Balaban J connectivity index is 2.33. The Kier molecular flexibility index (Phi) is 5.84. The molecule has 0 fully saturated rings. The Morgan fingerprint density at radius 2 is 1.52 bits per heavy atom. The highest BCUT2D eigenvalue weighted by Crippen LogP contribution is 2.31. The lowest BCUT2D eigenvalue weighted by atomic mass is 10.0. The van der Waals surface area contributed by atoms with Gasteiger partial charge in [-0.05, 0) is 31.0 Å². The topological polar surface area (TPSA) is 44.5 Å². The summed E-state index contributed by atoms with van der Waals surface area (Å²) in [6.07, 6.45) is 0.527. The smallest absolute Gasteiger partial charge is 0.207 e. The fourth-order valence-electron chi connectivity index (χ4n) is 2.30. The van der Waals surface area contributed by atoms with Gasteiger partial charge in [-0.2, -0.15) is 8.78 Å². The molecule has 0 spiro atoms. The summed E-state index contributed by atoms with van der Waals surface area (Å²) in [7, 11) is 1.38. The molecule has 2 aromatic carbocycles. The predicted molar refractivity (Wildman–Crippen MR) is 80.9 cm³/mol. The van der Waals surface area contributed by atoms with Crippen molar-refractivity contribution >= 4 is 0 Å². The summed E-state index contributed by atoms with van der Waals surface area (Å²) in [5.74, 6) is -11.4. The molecule has 0 radical (unpaired) electrons. The molecule has 1 atom stereocenters. The second-order valence-electron chi connectivity index (χ2n) is 5.52. The molecule has 2 rings (SSSR count). The van der Waals surface area contributed by atoms with E-state index in [1.165, 1.54) is 7.11 Å². The van der Waals surface area contributed by atoms with E-state index in [1.54, 1.807) is 25.1 Å². The monoisotopic (exact) mass is 361 g/mol. The van der Waals surface area contributed by atoms with E-state index in [2.05, 4.69) is 0 Å². The molecule has 136 valence electrons. The largest absolute Gasteiger partial charge is 0.496 e. The number of halogens is 5.